The molecule has 1 amide bonds. The number of amides is 1. The van der Waals surface area contributed by atoms with Gasteiger partial charge in [0.05, 0.1) is 12.5 Å². The van der Waals surface area contributed by atoms with Gasteiger partial charge in [0.1, 0.15) is 0 Å². The molecule has 5 heteroatoms. The molecular weight excluding hydrogens is 220 g/mol. The molecule has 2 atom stereocenters. The molecule has 0 saturated heterocycles. The monoisotopic (exact) mass is 242 g/mol. The third-order valence-corrected chi connectivity index (χ3v) is 3.22. The van der Waals surface area contributed by atoms with Gasteiger partial charge in [0.2, 0.25) is 5.91 Å². The van der Waals surface area contributed by atoms with E-state index in [4.69, 9.17) is 5.11 Å². The first-order chi connectivity index (χ1) is 8.15. The Balaban J connectivity index is 2.51. The first-order valence-corrected chi connectivity index (χ1v) is 6.38. The van der Waals surface area contributed by atoms with Crippen molar-refractivity contribution in [3.63, 3.8) is 0 Å². The van der Waals surface area contributed by atoms with Crippen LogP contribution in [-0.2, 0) is 9.59 Å². The van der Waals surface area contributed by atoms with Gasteiger partial charge in [-0.1, -0.05) is 26.2 Å². The summed E-state index contributed by atoms with van der Waals surface area (Å²) in [6.07, 6.45) is 4.44. The molecule has 17 heavy (non-hydrogen) atoms. The van der Waals surface area contributed by atoms with Crippen molar-refractivity contribution >= 4 is 11.9 Å². The normalized spacial score (nSPS) is 25.0. The number of carboxylic acid groups (broad SMARTS) is 1. The Morgan fingerprint density at radius 1 is 1.24 bits per heavy atom. The second-order valence-electron chi connectivity index (χ2n) is 4.54. The lowest BCUT2D eigenvalue weighted by Crippen LogP contribution is -2.45. The zero-order chi connectivity index (χ0) is 12.7. The van der Waals surface area contributed by atoms with E-state index in [0.717, 1.165) is 32.2 Å². The molecule has 1 saturated carbocycles. The third-order valence-electron chi connectivity index (χ3n) is 3.22. The van der Waals surface area contributed by atoms with E-state index in [-0.39, 0.29) is 18.5 Å². The maximum Gasteiger partial charge on any atom is 0.308 e. The predicted octanol–water partition coefficient (Wildman–Crippen LogP) is 0.746. The molecule has 1 rings (SSSR count). The van der Waals surface area contributed by atoms with E-state index >= 15 is 0 Å². The summed E-state index contributed by atoms with van der Waals surface area (Å²) in [6.45, 7) is 2.93. The SMILES string of the molecule is CCNCC(=O)NC1CCCCCC1C(=O)O. The van der Waals surface area contributed by atoms with Crippen LogP contribution in [0.2, 0.25) is 0 Å². The van der Waals surface area contributed by atoms with Crippen molar-refractivity contribution in [3.8, 4) is 0 Å². The molecule has 0 aliphatic heterocycles. The fourth-order valence-electron chi connectivity index (χ4n) is 2.27. The van der Waals surface area contributed by atoms with Crippen LogP contribution in [0.25, 0.3) is 0 Å². The standard InChI is InChI=1S/C12H22N2O3/c1-2-13-8-11(15)14-10-7-5-3-4-6-9(10)12(16)17/h9-10,13H,2-8H2,1H3,(H,14,15)(H,16,17). The predicted molar refractivity (Wildman–Crippen MR) is 64.7 cm³/mol. The van der Waals surface area contributed by atoms with E-state index in [0.29, 0.717) is 6.42 Å². The quantitative estimate of drug-likeness (QED) is 0.621. The number of likely N-dealkylation sites (N-methyl/N-ethyl adjacent to an activating group) is 1. The summed E-state index contributed by atoms with van der Waals surface area (Å²) in [5.41, 5.74) is 0. The molecule has 3 N–H and O–H groups in total. The number of hydrogen-bond acceptors (Lipinski definition) is 3. The second kappa shape index (κ2) is 7.27. The molecule has 0 aromatic rings. The van der Waals surface area contributed by atoms with Gasteiger partial charge in [0, 0.05) is 6.04 Å². The summed E-state index contributed by atoms with van der Waals surface area (Å²) in [4.78, 5) is 22.7. The highest BCUT2D eigenvalue weighted by atomic mass is 16.4. The van der Waals surface area contributed by atoms with Crippen molar-refractivity contribution in [1.82, 2.24) is 10.6 Å². The lowest BCUT2D eigenvalue weighted by Gasteiger charge is -2.22. The Morgan fingerprint density at radius 2 is 1.94 bits per heavy atom. The van der Waals surface area contributed by atoms with Crippen LogP contribution in [0, 0.1) is 5.92 Å². The molecule has 0 radical (unpaired) electrons. The van der Waals surface area contributed by atoms with E-state index in [1.165, 1.54) is 0 Å². The largest absolute Gasteiger partial charge is 0.481 e. The molecule has 0 spiro atoms. The first-order valence-electron chi connectivity index (χ1n) is 6.38. The number of rotatable bonds is 5. The minimum absolute atomic E-state index is 0.106. The van der Waals surface area contributed by atoms with Crippen LogP contribution in [0.3, 0.4) is 0 Å². The second-order valence-corrected chi connectivity index (χ2v) is 4.54. The topological polar surface area (TPSA) is 78.4 Å². The summed E-state index contributed by atoms with van der Waals surface area (Å²) in [7, 11) is 0. The van der Waals surface area contributed by atoms with E-state index < -0.39 is 11.9 Å². The molecule has 0 bridgehead atoms. The molecular formula is C12H22N2O3. The van der Waals surface area contributed by atoms with Crippen LogP contribution in [0.15, 0.2) is 0 Å². The fraction of sp³-hybridized carbons (Fsp3) is 0.833. The maximum absolute atomic E-state index is 11.6. The first kappa shape index (κ1) is 14.0. The molecule has 5 nitrogen and oxygen atoms in total. The van der Waals surface area contributed by atoms with Crippen LogP contribution >= 0.6 is 0 Å². The Morgan fingerprint density at radius 3 is 2.59 bits per heavy atom. The van der Waals surface area contributed by atoms with E-state index in [9.17, 15) is 9.59 Å². The molecule has 98 valence electrons. The fourth-order valence-corrected chi connectivity index (χ4v) is 2.27. The smallest absolute Gasteiger partial charge is 0.308 e. The van der Waals surface area contributed by atoms with Crippen LogP contribution < -0.4 is 10.6 Å². The van der Waals surface area contributed by atoms with Crippen LogP contribution in [0.4, 0.5) is 0 Å². The Bertz CT molecular complexity index is 268. The molecule has 0 aromatic heterocycles. The van der Waals surface area contributed by atoms with Gasteiger partial charge in [-0.25, -0.2) is 0 Å². The highest BCUT2D eigenvalue weighted by Gasteiger charge is 2.30. The molecule has 0 aromatic carbocycles. The van der Waals surface area contributed by atoms with Gasteiger partial charge in [-0.3, -0.25) is 9.59 Å². The Labute approximate surface area is 102 Å². The average molecular weight is 242 g/mol. The summed E-state index contributed by atoms with van der Waals surface area (Å²) in [6, 6.07) is -0.207. The maximum atomic E-state index is 11.6. The average Bonchev–Trinajstić information content (AvgIpc) is 2.51. The highest BCUT2D eigenvalue weighted by molar-refractivity contribution is 5.79. The van der Waals surface area contributed by atoms with E-state index in [1.807, 2.05) is 6.92 Å². The van der Waals surface area contributed by atoms with Gasteiger partial charge in [-0.05, 0) is 19.4 Å². The zero-order valence-corrected chi connectivity index (χ0v) is 10.4. The number of carbonyl (C=O) groups is 2. The van der Waals surface area contributed by atoms with E-state index in [1.54, 1.807) is 0 Å². The van der Waals surface area contributed by atoms with Crippen molar-refractivity contribution in [2.45, 2.75) is 45.1 Å². The Hall–Kier alpha value is -1.10. The molecule has 1 fully saturated rings. The van der Waals surface area contributed by atoms with E-state index in [2.05, 4.69) is 10.6 Å². The zero-order valence-electron chi connectivity index (χ0n) is 10.4. The van der Waals surface area contributed by atoms with Crippen LogP contribution in [0.5, 0.6) is 0 Å². The summed E-state index contributed by atoms with van der Waals surface area (Å²) < 4.78 is 0. The lowest BCUT2D eigenvalue weighted by molar-refractivity contribution is -0.143. The molecule has 0 heterocycles. The summed E-state index contributed by atoms with van der Waals surface area (Å²) in [5, 5.41) is 14.9. The lowest BCUT2D eigenvalue weighted by atomic mass is 9.95. The van der Waals surface area contributed by atoms with Crippen molar-refractivity contribution in [3.05, 3.63) is 0 Å². The highest BCUT2D eigenvalue weighted by Crippen LogP contribution is 2.23. The number of hydrogen-bond donors (Lipinski definition) is 3. The minimum Gasteiger partial charge on any atom is -0.481 e. The van der Waals surface area contributed by atoms with Crippen molar-refractivity contribution in [2.75, 3.05) is 13.1 Å². The summed E-state index contributed by atoms with van der Waals surface area (Å²) in [5.74, 6) is -1.33. The number of carboxylic acids is 1. The molecule has 1 aliphatic carbocycles. The molecule has 2 unspecified atom stereocenters. The van der Waals surface area contributed by atoms with Gasteiger partial charge >= 0.3 is 5.97 Å². The van der Waals surface area contributed by atoms with Crippen LogP contribution in [-0.4, -0.2) is 36.1 Å². The van der Waals surface area contributed by atoms with Gasteiger partial charge in [0.15, 0.2) is 0 Å². The number of nitrogens with one attached hydrogen (secondary N) is 2. The minimum atomic E-state index is -0.791. The van der Waals surface area contributed by atoms with Crippen molar-refractivity contribution in [1.29, 1.82) is 0 Å². The Kier molecular flexibility index (Phi) is 5.97. The molecule has 1 aliphatic rings. The number of carbonyl (C=O) groups excluding carboxylic acids is 1. The third kappa shape index (κ3) is 4.73. The van der Waals surface area contributed by atoms with Gasteiger partial charge in [0.25, 0.3) is 0 Å². The summed E-state index contributed by atoms with van der Waals surface area (Å²) >= 11 is 0. The van der Waals surface area contributed by atoms with Gasteiger partial charge in [-0.15, -0.1) is 0 Å². The van der Waals surface area contributed by atoms with Crippen molar-refractivity contribution < 1.29 is 14.7 Å². The van der Waals surface area contributed by atoms with Gasteiger partial charge < -0.3 is 15.7 Å². The number of aliphatic carboxylic acids is 1. The van der Waals surface area contributed by atoms with Gasteiger partial charge in [-0.2, -0.15) is 0 Å². The van der Waals surface area contributed by atoms with Crippen molar-refractivity contribution in [2.24, 2.45) is 5.92 Å². The van der Waals surface area contributed by atoms with Crippen LogP contribution in [0.1, 0.15) is 39.0 Å².